The molecule has 0 unspecified atom stereocenters. The smallest absolute Gasteiger partial charge is 0.356 e. The van der Waals surface area contributed by atoms with Crippen molar-refractivity contribution in [2.75, 3.05) is 12.8 Å². The Morgan fingerprint density at radius 3 is 2.68 bits per heavy atom. The Morgan fingerprint density at radius 2 is 2.00 bits per heavy atom. The van der Waals surface area contributed by atoms with E-state index in [0.29, 0.717) is 38.1 Å². The number of rotatable bonds is 6. The standard InChI is InChI=1S/C27H26ClN5O2S2/c1-33-23(27(34)35-2)22(30)21-20(15-6-4-3-5-7-15)19(12-29)26(32-24(21)33)37-14-18-13-36-25(31-18)16-8-10-17(28)11-9-16/h8-11,13,15H,3-7,14,30H2,1-2H3. The number of aryl methyl sites for hydroxylation is 1. The van der Waals surface area contributed by atoms with Gasteiger partial charge in [-0.1, -0.05) is 54.8 Å². The van der Waals surface area contributed by atoms with E-state index in [-0.39, 0.29) is 11.6 Å². The van der Waals surface area contributed by atoms with Crippen LogP contribution in [-0.2, 0) is 17.5 Å². The summed E-state index contributed by atoms with van der Waals surface area (Å²) in [5.41, 5.74) is 11.1. The minimum Gasteiger partial charge on any atom is -0.464 e. The number of nitriles is 1. The number of esters is 1. The molecule has 0 radical (unpaired) electrons. The number of pyridine rings is 1. The van der Waals surface area contributed by atoms with Crippen molar-refractivity contribution in [2.24, 2.45) is 7.05 Å². The molecule has 3 heterocycles. The fourth-order valence-electron chi connectivity index (χ4n) is 5.08. The van der Waals surface area contributed by atoms with Crippen LogP contribution in [0.4, 0.5) is 5.69 Å². The van der Waals surface area contributed by atoms with Crippen LogP contribution in [-0.4, -0.2) is 27.6 Å². The second-order valence-electron chi connectivity index (χ2n) is 9.10. The SMILES string of the molecule is COC(=O)c1c(N)c2c(C3CCCCC3)c(C#N)c(SCc3csc(-c4ccc(Cl)cc4)n3)nc2n1C. The van der Waals surface area contributed by atoms with Gasteiger partial charge in [-0.05, 0) is 36.5 Å². The molecule has 10 heteroatoms. The molecule has 2 N–H and O–H groups in total. The molecule has 37 heavy (non-hydrogen) atoms. The third kappa shape index (κ3) is 4.81. The molecule has 5 rings (SSSR count). The van der Waals surface area contributed by atoms with Gasteiger partial charge in [0.1, 0.15) is 21.7 Å². The number of hydrogen-bond donors (Lipinski definition) is 1. The lowest BCUT2D eigenvalue weighted by Gasteiger charge is -2.24. The first-order chi connectivity index (χ1) is 17.9. The first kappa shape index (κ1) is 25.6. The molecule has 1 aliphatic rings. The van der Waals surface area contributed by atoms with E-state index in [2.05, 4.69) is 6.07 Å². The molecule has 4 aromatic rings. The summed E-state index contributed by atoms with van der Waals surface area (Å²) in [5, 5.41) is 15.3. The van der Waals surface area contributed by atoms with Gasteiger partial charge in [0, 0.05) is 34.2 Å². The van der Waals surface area contributed by atoms with Crippen LogP contribution in [0.2, 0.25) is 5.02 Å². The number of hydrogen-bond acceptors (Lipinski definition) is 8. The predicted molar refractivity (Wildman–Crippen MR) is 149 cm³/mol. The predicted octanol–water partition coefficient (Wildman–Crippen LogP) is 6.93. The number of nitrogens with two attached hydrogens (primary N) is 1. The molecule has 3 aromatic heterocycles. The van der Waals surface area contributed by atoms with E-state index in [1.54, 1.807) is 23.0 Å². The molecule has 0 amide bonds. The molecule has 1 saturated carbocycles. The number of thioether (sulfide) groups is 1. The Labute approximate surface area is 228 Å². The molecule has 0 spiro atoms. The highest BCUT2D eigenvalue weighted by Gasteiger charge is 2.30. The number of halogens is 1. The monoisotopic (exact) mass is 551 g/mol. The second-order valence-corrected chi connectivity index (χ2v) is 11.4. The Hall–Kier alpha value is -3.06. The van der Waals surface area contributed by atoms with Gasteiger partial charge >= 0.3 is 5.97 Å². The summed E-state index contributed by atoms with van der Waals surface area (Å²) >= 11 is 9.08. The van der Waals surface area contributed by atoms with Crippen LogP contribution < -0.4 is 5.73 Å². The van der Waals surface area contributed by atoms with E-state index in [0.717, 1.165) is 47.5 Å². The van der Waals surface area contributed by atoms with Gasteiger partial charge in [0.2, 0.25) is 0 Å². The van der Waals surface area contributed by atoms with Crippen molar-refractivity contribution in [1.82, 2.24) is 14.5 Å². The minimum atomic E-state index is -0.516. The zero-order valence-corrected chi connectivity index (χ0v) is 23.0. The molecule has 7 nitrogen and oxygen atoms in total. The van der Waals surface area contributed by atoms with Gasteiger partial charge in [-0.2, -0.15) is 5.26 Å². The van der Waals surface area contributed by atoms with Gasteiger partial charge in [0.05, 0.1) is 24.1 Å². The number of aromatic nitrogens is 3. The maximum absolute atomic E-state index is 12.6. The van der Waals surface area contributed by atoms with Gasteiger partial charge in [0.15, 0.2) is 5.69 Å². The summed E-state index contributed by atoms with van der Waals surface area (Å²) in [7, 11) is 3.10. The first-order valence-corrected chi connectivity index (χ1v) is 14.3. The third-order valence-corrected chi connectivity index (χ3v) is 9.07. The maximum Gasteiger partial charge on any atom is 0.356 e. The summed E-state index contributed by atoms with van der Waals surface area (Å²) in [6.45, 7) is 0. The summed E-state index contributed by atoms with van der Waals surface area (Å²) in [4.78, 5) is 22.2. The topological polar surface area (TPSA) is 107 Å². The molecule has 1 fully saturated rings. The summed E-state index contributed by atoms with van der Waals surface area (Å²) < 4.78 is 6.69. The number of nitrogens with zero attached hydrogens (tertiary/aromatic N) is 4. The number of thiazole rings is 1. The Balaban J connectivity index is 1.56. The van der Waals surface area contributed by atoms with Crippen molar-refractivity contribution in [3.63, 3.8) is 0 Å². The average Bonchev–Trinajstić information content (AvgIpc) is 3.49. The highest BCUT2D eigenvalue weighted by atomic mass is 35.5. The number of carbonyl (C=O) groups is 1. The number of ether oxygens (including phenoxy) is 1. The van der Waals surface area contributed by atoms with E-state index in [9.17, 15) is 10.1 Å². The van der Waals surface area contributed by atoms with Gasteiger partial charge in [-0.25, -0.2) is 14.8 Å². The van der Waals surface area contributed by atoms with Gasteiger partial charge in [0.25, 0.3) is 0 Å². The highest BCUT2D eigenvalue weighted by Crippen LogP contribution is 2.44. The van der Waals surface area contributed by atoms with E-state index < -0.39 is 5.97 Å². The number of fused-ring (bicyclic) bond motifs is 1. The van der Waals surface area contributed by atoms with Gasteiger partial charge in [-0.15, -0.1) is 11.3 Å². The lowest BCUT2D eigenvalue weighted by atomic mass is 9.81. The van der Waals surface area contributed by atoms with Crippen LogP contribution >= 0.6 is 34.7 Å². The minimum absolute atomic E-state index is 0.194. The quantitative estimate of drug-likeness (QED) is 0.204. The van der Waals surface area contributed by atoms with Gasteiger partial charge in [-0.3, -0.25) is 0 Å². The van der Waals surface area contributed by atoms with Crippen LogP contribution in [0.1, 0.15) is 65.3 Å². The molecule has 1 aromatic carbocycles. The zero-order chi connectivity index (χ0) is 26.1. The van der Waals surface area contributed by atoms with Crippen LogP contribution in [0.3, 0.4) is 0 Å². The van der Waals surface area contributed by atoms with Crippen molar-refractivity contribution >= 4 is 57.4 Å². The Bertz CT molecular complexity index is 1510. The molecule has 1 aliphatic carbocycles. The van der Waals surface area contributed by atoms with Crippen molar-refractivity contribution in [1.29, 1.82) is 5.26 Å². The van der Waals surface area contributed by atoms with Crippen molar-refractivity contribution < 1.29 is 9.53 Å². The molecule has 190 valence electrons. The van der Waals surface area contributed by atoms with E-state index in [1.807, 2.05) is 29.6 Å². The maximum atomic E-state index is 12.6. The van der Waals surface area contributed by atoms with E-state index in [1.165, 1.54) is 25.3 Å². The van der Waals surface area contributed by atoms with Crippen LogP contribution in [0.5, 0.6) is 0 Å². The largest absolute Gasteiger partial charge is 0.464 e. The fourth-order valence-corrected chi connectivity index (χ4v) is 7.02. The number of methoxy groups -OCH3 is 1. The molecule has 0 aliphatic heterocycles. The van der Waals surface area contributed by atoms with Gasteiger partial charge < -0.3 is 15.0 Å². The molecule has 0 atom stereocenters. The van der Waals surface area contributed by atoms with Crippen molar-refractivity contribution in [3.05, 3.63) is 57.2 Å². The Morgan fingerprint density at radius 1 is 1.27 bits per heavy atom. The number of nitrogen functional groups attached to an aromatic ring is 1. The molecule has 0 saturated heterocycles. The van der Waals surface area contributed by atoms with Crippen molar-refractivity contribution in [2.45, 2.75) is 48.8 Å². The number of benzene rings is 1. The number of anilines is 1. The zero-order valence-electron chi connectivity index (χ0n) is 20.6. The normalized spacial score (nSPS) is 14.1. The summed E-state index contributed by atoms with van der Waals surface area (Å²) in [6, 6.07) is 10.0. The van der Waals surface area contributed by atoms with Crippen LogP contribution in [0, 0.1) is 11.3 Å². The summed E-state index contributed by atoms with van der Waals surface area (Å²) in [6.07, 6.45) is 5.35. The lowest BCUT2D eigenvalue weighted by molar-refractivity contribution is 0.0591. The first-order valence-electron chi connectivity index (χ1n) is 12.1. The average molecular weight is 552 g/mol. The Kier molecular flexibility index (Phi) is 7.43. The van der Waals surface area contributed by atoms with E-state index >= 15 is 0 Å². The number of carbonyl (C=O) groups excluding carboxylic acids is 1. The lowest BCUT2D eigenvalue weighted by Crippen LogP contribution is -2.10. The van der Waals surface area contributed by atoms with Crippen LogP contribution in [0.15, 0.2) is 34.7 Å². The molecular formula is C27H26ClN5O2S2. The van der Waals surface area contributed by atoms with E-state index in [4.69, 9.17) is 32.0 Å². The highest BCUT2D eigenvalue weighted by molar-refractivity contribution is 7.98. The second kappa shape index (κ2) is 10.7. The molecule has 0 bridgehead atoms. The van der Waals surface area contributed by atoms with Crippen molar-refractivity contribution in [3.8, 4) is 16.6 Å². The van der Waals surface area contributed by atoms with Crippen LogP contribution in [0.25, 0.3) is 21.6 Å². The third-order valence-electron chi connectivity index (χ3n) is 6.86. The summed E-state index contributed by atoms with van der Waals surface area (Å²) in [5.74, 6) is 0.238. The molecular weight excluding hydrogens is 526 g/mol. The fraction of sp³-hybridized carbons (Fsp3) is 0.333.